The van der Waals surface area contributed by atoms with Crippen molar-refractivity contribution >= 4 is 5.91 Å². The van der Waals surface area contributed by atoms with Gasteiger partial charge in [-0.15, -0.1) is 0 Å². The second kappa shape index (κ2) is 10.3. The molecule has 0 aliphatic carbocycles. The van der Waals surface area contributed by atoms with Crippen LogP contribution < -0.4 is 10.1 Å². The molecule has 0 unspecified atom stereocenters. The molecule has 3 heterocycles. The van der Waals surface area contributed by atoms with Crippen LogP contribution in [0.25, 0.3) is 22.6 Å². The third-order valence-electron chi connectivity index (χ3n) is 5.32. The normalized spacial score (nSPS) is 20.2. The molecule has 2 N–H and O–H groups in total. The highest BCUT2D eigenvalue weighted by molar-refractivity contribution is 5.76. The highest BCUT2D eigenvalue weighted by atomic mass is 19.1. The number of nitrogens with one attached hydrogen (secondary N) is 2. The Balaban J connectivity index is 1.63. The van der Waals surface area contributed by atoms with Gasteiger partial charge >= 0.3 is 6.01 Å². The van der Waals surface area contributed by atoms with Crippen molar-refractivity contribution in [1.82, 2.24) is 25.3 Å². The average Bonchev–Trinajstić information content (AvgIpc) is 3.28. The Morgan fingerprint density at radius 1 is 1.24 bits per heavy atom. The summed E-state index contributed by atoms with van der Waals surface area (Å²) in [5.41, 5.74) is 2.12. The van der Waals surface area contributed by atoms with Crippen molar-refractivity contribution in [2.24, 2.45) is 5.41 Å². The summed E-state index contributed by atoms with van der Waals surface area (Å²) in [4.78, 5) is 27.9. The molecule has 1 aromatic carbocycles. The summed E-state index contributed by atoms with van der Waals surface area (Å²) < 4.78 is 31.1. The number of imidazole rings is 1. The van der Waals surface area contributed by atoms with Crippen molar-refractivity contribution in [3.63, 3.8) is 0 Å². The largest absolute Gasteiger partial charge is 0.463 e. The van der Waals surface area contributed by atoms with Crippen LogP contribution in [0.3, 0.4) is 0 Å². The number of aromatic nitrogens is 4. The van der Waals surface area contributed by atoms with E-state index in [1.165, 1.54) is 19.1 Å². The van der Waals surface area contributed by atoms with E-state index in [4.69, 9.17) is 19.2 Å². The molecule has 34 heavy (non-hydrogen) atoms. The summed E-state index contributed by atoms with van der Waals surface area (Å²) >= 11 is 0. The van der Waals surface area contributed by atoms with Gasteiger partial charge in [0, 0.05) is 30.6 Å². The molecule has 9 nitrogen and oxygen atoms in total. The molecule has 4 rings (SSSR count). The maximum absolute atomic E-state index is 13.5. The van der Waals surface area contributed by atoms with Crippen LogP contribution in [-0.4, -0.2) is 52.2 Å². The first-order valence-electron chi connectivity index (χ1n) is 11.2. The Morgan fingerprint density at radius 2 is 1.97 bits per heavy atom. The molecule has 2 aromatic heterocycles. The average molecular weight is 470 g/mol. The quantitative estimate of drug-likeness (QED) is 0.518. The number of halogens is 1. The van der Waals surface area contributed by atoms with Crippen LogP contribution in [0.2, 0.25) is 0 Å². The van der Waals surface area contributed by atoms with Crippen LogP contribution in [0.4, 0.5) is 4.39 Å². The molecular weight excluding hydrogens is 441 g/mol. The van der Waals surface area contributed by atoms with Gasteiger partial charge in [-0.2, -0.15) is 4.98 Å². The van der Waals surface area contributed by atoms with E-state index >= 15 is 0 Å². The molecular formula is C24H28FN5O4. The number of benzene rings is 1. The van der Waals surface area contributed by atoms with Crippen LogP contribution in [0, 0.1) is 11.2 Å². The zero-order valence-corrected chi connectivity index (χ0v) is 19.4. The van der Waals surface area contributed by atoms with Gasteiger partial charge in [-0.3, -0.25) is 4.79 Å². The summed E-state index contributed by atoms with van der Waals surface area (Å²) in [6, 6.07) is 8.08. The van der Waals surface area contributed by atoms with E-state index in [0.717, 1.165) is 6.42 Å². The van der Waals surface area contributed by atoms with Gasteiger partial charge in [0.15, 0.2) is 5.82 Å². The molecule has 0 spiro atoms. The lowest BCUT2D eigenvalue weighted by molar-refractivity contribution is -0.232. The van der Waals surface area contributed by atoms with Crippen molar-refractivity contribution in [3.05, 3.63) is 48.2 Å². The van der Waals surface area contributed by atoms with Gasteiger partial charge in [0.25, 0.3) is 0 Å². The monoisotopic (exact) mass is 469 g/mol. The van der Waals surface area contributed by atoms with Crippen molar-refractivity contribution in [2.75, 3.05) is 26.4 Å². The van der Waals surface area contributed by atoms with Gasteiger partial charge < -0.3 is 24.5 Å². The van der Waals surface area contributed by atoms with Crippen molar-refractivity contribution in [3.8, 4) is 28.7 Å². The lowest BCUT2D eigenvalue weighted by Crippen LogP contribution is -2.45. The Labute approximate surface area is 197 Å². The van der Waals surface area contributed by atoms with E-state index in [1.807, 2.05) is 13.8 Å². The minimum atomic E-state index is -0.726. The molecule has 1 aliphatic rings. The standard InChI is InChI=1S/C24H28FN5O4/c1-4-11-32-23-26-10-9-18(28-23)20-19(16-5-7-17(25)8-6-16)29-21(30-20)22-33-13-24(3,14-34-22)12-27-15(2)31/h5-10,22H,4,11-14H2,1-3H3,(H,27,31)(H,29,30). The molecule has 0 atom stereocenters. The summed E-state index contributed by atoms with van der Waals surface area (Å²) in [6.45, 7) is 7.16. The zero-order valence-electron chi connectivity index (χ0n) is 19.4. The highest BCUT2D eigenvalue weighted by Gasteiger charge is 2.35. The molecule has 10 heteroatoms. The molecule has 1 amide bonds. The van der Waals surface area contributed by atoms with Crippen LogP contribution in [0.1, 0.15) is 39.3 Å². The van der Waals surface area contributed by atoms with Gasteiger partial charge in [0.1, 0.15) is 5.82 Å². The summed E-state index contributed by atoms with van der Waals surface area (Å²) in [5, 5.41) is 2.81. The van der Waals surface area contributed by atoms with Gasteiger partial charge in [0.05, 0.1) is 36.9 Å². The number of carbonyl (C=O) groups is 1. The van der Waals surface area contributed by atoms with Crippen LogP contribution in [-0.2, 0) is 14.3 Å². The Kier molecular flexibility index (Phi) is 7.18. The number of carbonyl (C=O) groups excluding carboxylic acids is 1. The van der Waals surface area contributed by atoms with E-state index in [-0.39, 0.29) is 23.1 Å². The number of hydrogen-bond donors (Lipinski definition) is 2. The van der Waals surface area contributed by atoms with Gasteiger partial charge in [-0.1, -0.05) is 13.8 Å². The summed E-state index contributed by atoms with van der Waals surface area (Å²) in [7, 11) is 0. The molecule has 3 aromatic rings. The number of amides is 1. The second-order valence-corrected chi connectivity index (χ2v) is 8.60. The predicted molar refractivity (Wildman–Crippen MR) is 122 cm³/mol. The first-order chi connectivity index (χ1) is 16.4. The van der Waals surface area contributed by atoms with Gasteiger partial charge in [0.2, 0.25) is 12.2 Å². The fraction of sp³-hybridized carbons (Fsp3) is 0.417. The number of ether oxygens (including phenoxy) is 3. The summed E-state index contributed by atoms with van der Waals surface area (Å²) in [6.07, 6.45) is 1.72. The van der Waals surface area contributed by atoms with Crippen molar-refractivity contribution < 1.29 is 23.4 Å². The smallest absolute Gasteiger partial charge is 0.316 e. The summed E-state index contributed by atoms with van der Waals surface area (Å²) in [5.74, 6) is 0.0244. The van der Waals surface area contributed by atoms with Gasteiger partial charge in [-0.05, 0) is 36.8 Å². The van der Waals surface area contributed by atoms with E-state index in [2.05, 4.69) is 20.3 Å². The van der Waals surface area contributed by atoms with E-state index in [0.29, 0.717) is 54.8 Å². The lowest BCUT2D eigenvalue weighted by atomic mass is 9.92. The molecule has 1 fully saturated rings. The lowest BCUT2D eigenvalue weighted by Gasteiger charge is -2.36. The Morgan fingerprint density at radius 3 is 2.65 bits per heavy atom. The highest BCUT2D eigenvalue weighted by Crippen LogP contribution is 2.35. The fourth-order valence-electron chi connectivity index (χ4n) is 3.49. The van der Waals surface area contributed by atoms with Crippen molar-refractivity contribution in [2.45, 2.75) is 33.5 Å². The van der Waals surface area contributed by atoms with Crippen molar-refractivity contribution in [1.29, 1.82) is 0 Å². The molecule has 180 valence electrons. The van der Waals surface area contributed by atoms with E-state index < -0.39 is 6.29 Å². The molecule has 0 radical (unpaired) electrons. The molecule has 0 saturated carbocycles. The van der Waals surface area contributed by atoms with Crippen LogP contribution >= 0.6 is 0 Å². The van der Waals surface area contributed by atoms with Gasteiger partial charge in [-0.25, -0.2) is 14.4 Å². The minimum absolute atomic E-state index is 0.102. The third kappa shape index (κ3) is 5.57. The topological polar surface area (TPSA) is 111 Å². The second-order valence-electron chi connectivity index (χ2n) is 8.60. The number of H-pyrrole nitrogens is 1. The van der Waals surface area contributed by atoms with Crippen LogP contribution in [0.15, 0.2) is 36.5 Å². The van der Waals surface area contributed by atoms with Crippen LogP contribution in [0.5, 0.6) is 6.01 Å². The molecule has 0 bridgehead atoms. The molecule has 1 saturated heterocycles. The number of aromatic amines is 1. The van der Waals surface area contributed by atoms with E-state index in [1.54, 1.807) is 24.4 Å². The number of rotatable bonds is 8. The maximum Gasteiger partial charge on any atom is 0.316 e. The SMILES string of the molecule is CCCOc1nccc(-c2[nH]c(C3OCC(C)(CNC(C)=O)CO3)nc2-c2ccc(F)cc2)n1. The Hall–Kier alpha value is -3.37. The Bertz CT molecular complexity index is 1130. The third-order valence-corrected chi connectivity index (χ3v) is 5.32. The zero-order chi connectivity index (χ0) is 24.1. The number of hydrogen-bond acceptors (Lipinski definition) is 7. The fourth-order valence-corrected chi connectivity index (χ4v) is 3.49. The first kappa shape index (κ1) is 23.8. The first-order valence-corrected chi connectivity index (χ1v) is 11.2. The van der Waals surface area contributed by atoms with E-state index in [9.17, 15) is 9.18 Å². The number of nitrogens with zero attached hydrogens (tertiary/aromatic N) is 3. The maximum atomic E-state index is 13.5. The molecule has 1 aliphatic heterocycles. The predicted octanol–water partition coefficient (Wildman–Crippen LogP) is 3.65. The minimum Gasteiger partial charge on any atom is -0.463 e.